The van der Waals surface area contributed by atoms with Crippen LogP contribution in [-0.4, -0.2) is 38.4 Å². The molecule has 0 amide bonds. The normalized spacial score (nSPS) is 20.6. The molecule has 0 aliphatic carbocycles. The van der Waals surface area contributed by atoms with Crippen LogP contribution < -0.4 is 0 Å². The van der Waals surface area contributed by atoms with E-state index in [1.807, 2.05) is 22.6 Å². The Kier molecular flexibility index (Phi) is 3.53. The van der Waals surface area contributed by atoms with Gasteiger partial charge in [0.1, 0.15) is 0 Å². The smallest absolute Gasteiger partial charge is 0.166 e. The van der Waals surface area contributed by atoms with Crippen molar-refractivity contribution in [2.24, 2.45) is 0 Å². The van der Waals surface area contributed by atoms with Crippen LogP contribution in [0.1, 0.15) is 55.5 Å². The fraction of sp³-hybridized carbons (Fsp3) is 0.533. The molecule has 1 unspecified atom stereocenters. The van der Waals surface area contributed by atoms with Gasteiger partial charge < -0.3 is 0 Å². The number of hydrogen-bond donors (Lipinski definition) is 0. The molecule has 0 bridgehead atoms. The molecule has 3 heterocycles. The van der Waals surface area contributed by atoms with Crippen molar-refractivity contribution < 1.29 is 4.79 Å². The van der Waals surface area contributed by atoms with E-state index in [-0.39, 0.29) is 6.04 Å². The Hall–Kier alpha value is -1.75. The monoisotopic (exact) mass is 272 g/mol. The minimum absolute atomic E-state index is 0.250. The van der Waals surface area contributed by atoms with Crippen molar-refractivity contribution in [1.29, 1.82) is 0 Å². The Balaban J connectivity index is 2.10. The number of aromatic nitrogens is 3. The molecule has 0 radical (unpaired) electrons. The molecule has 0 aromatic carbocycles. The number of likely N-dealkylation sites (tertiary alicyclic amines) is 1. The molecular formula is C15H20N4O. The molecule has 20 heavy (non-hydrogen) atoms. The van der Waals surface area contributed by atoms with E-state index >= 15 is 0 Å². The molecule has 2 aromatic rings. The highest BCUT2D eigenvalue weighted by molar-refractivity contribution is 5.74. The third-order valence-corrected chi connectivity index (χ3v) is 4.11. The first-order valence-electron chi connectivity index (χ1n) is 7.27. The highest BCUT2D eigenvalue weighted by atomic mass is 16.1. The topological polar surface area (TPSA) is 50.5 Å². The second kappa shape index (κ2) is 5.32. The summed E-state index contributed by atoms with van der Waals surface area (Å²) in [5.74, 6) is 0.899. The molecule has 1 saturated heterocycles. The average Bonchev–Trinajstić information content (AvgIpc) is 2.91. The van der Waals surface area contributed by atoms with Crippen molar-refractivity contribution in [1.82, 2.24) is 19.5 Å². The van der Waals surface area contributed by atoms with Gasteiger partial charge in [-0.2, -0.15) is 0 Å². The summed E-state index contributed by atoms with van der Waals surface area (Å²) >= 11 is 0. The minimum Gasteiger partial charge on any atom is -0.296 e. The summed E-state index contributed by atoms with van der Waals surface area (Å²) in [5.41, 5.74) is 1.37. The lowest BCUT2D eigenvalue weighted by molar-refractivity contribution is 0.104. The van der Waals surface area contributed by atoms with Crippen molar-refractivity contribution in [2.45, 2.75) is 45.2 Å². The summed E-state index contributed by atoms with van der Waals surface area (Å²) in [6, 6.07) is 6.27. The second-order valence-corrected chi connectivity index (χ2v) is 5.66. The van der Waals surface area contributed by atoms with Crippen LogP contribution in [0.15, 0.2) is 18.2 Å². The quantitative estimate of drug-likeness (QED) is 0.805. The zero-order valence-corrected chi connectivity index (χ0v) is 12.0. The molecule has 1 atom stereocenters. The van der Waals surface area contributed by atoms with Crippen molar-refractivity contribution in [3.05, 3.63) is 29.7 Å². The predicted octanol–water partition coefficient (Wildman–Crippen LogP) is 2.48. The van der Waals surface area contributed by atoms with Crippen LogP contribution in [0.5, 0.6) is 0 Å². The molecule has 5 nitrogen and oxygen atoms in total. The lowest BCUT2D eigenvalue weighted by Gasteiger charge is -2.37. The van der Waals surface area contributed by atoms with Gasteiger partial charge in [0.25, 0.3) is 0 Å². The molecule has 1 aliphatic heterocycles. The van der Waals surface area contributed by atoms with Crippen molar-refractivity contribution in [2.75, 3.05) is 6.54 Å². The summed E-state index contributed by atoms with van der Waals surface area (Å²) in [6.45, 7) is 5.50. The fourth-order valence-electron chi connectivity index (χ4n) is 3.15. The van der Waals surface area contributed by atoms with E-state index in [4.69, 9.17) is 0 Å². The summed E-state index contributed by atoms with van der Waals surface area (Å²) in [7, 11) is 0. The van der Waals surface area contributed by atoms with Crippen LogP contribution in [0.3, 0.4) is 0 Å². The molecular weight excluding hydrogens is 252 g/mol. The van der Waals surface area contributed by atoms with Crippen LogP contribution >= 0.6 is 0 Å². The largest absolute Gasteiger partial charge is 0.296 e. The lowest BCUT2D eigenvalue weighted by Crippen LogP contribution is -2.39. The summed E-state index contributed by atoms with van der Waals surface area (Å²) in [4.78, 5) is 13.7. The molecule has 1 aliphatic rings. The Bertz CT molecular complexity index is 619. The predicted molar refractivity (Wildman–Crippen MR) is 76.8 cm³/mol. The second-order valence-electron chi connectivity index (χ2n) is 5.66. The Morgan fingerprint density at radius 1 is 1.30 bits per heavy atom. The van der Waals surface area contributed by atoms with Gasteiger partial charge in [0.2, 0.25) is 0 Å². The van der Waals surface area contributed by atoms with Crippen molar-refractivity contribution >= 4 is 11.9 Å². The van der Waals surface area contributed by atoms with E-state index in [0.717, 1.165) is 30.7 Å². The van der Waals surface area contributed by atoms with Gasteiger partial charge in [-0.25, -0.2) is 0 Å². The number of fused-ring (bicyclic) bond motifs is 1. The van der Waals surface area contributed by atoms with Crippen LogP contribution in [0.4, 0.5) is 0 Å². The molecule has 106 valence electrons. The molecule has 0 N–H and O–H groups in total. The van der Waals surface area contributed by atoms with Crippen molar-refractivity contribution in [3.63, 3.8) is 0 Å². The van der Waals surface area contributed by atoms with Crippen LogP contribution in [-0.2, 0) is 0 Å². The first kappa shape index (κ1) is 13.2. The number of nitrogens with zero attached hydrogens (tertiary/aromatic N) is 4. The highest BCUT2D eigenvalue weighted by Gasteiger charge is 2.29. The van der Waals surface area contributed by atoms with Crippen LogP contribution in [0.2, 0.25) is 0 Å². The molecule has 5 heteroatoms. The van der Waals surface area contributed by atoms with E-state index in [0.29, 0.717) is 11.7 Å². The number of hydrogen-bond acceptors (Lipinski definition) is 4. The Morgan fingerprint density at radius 2 is 2.15 bits per heavy atom. The fourth-order valence-corrected chi connectivity index (χ4v) is 3.15. The third kappa shape index (κ3) is 2.12. The van der Waals surface area contributed by atoms with E-state index in [9.17, 15) is 4.79 Å². The Labute approximate surface area is 118 Å². The van der Waals surface area contributed by atoms with Gasteiger partial charge in [0.05, 0.1) is 11.7 Å². The number of carbonyl (C=O) groups excluding carboxylic acids is 1. The van der Waals surface area contributed by atoms with E-state index in [2.05, 4.69) is 28.9 Å². The van der Waals surface area contributed by atoms with Gasteiger partial charge in [0, 0.05) is 6.04 Å². The number of carbonyl (C=O) groups is 1. The van der Waals surface area contributed by atoms with Gasteiger partial charge >= 0.3 is 0 Å². The van der Waals surface area contributed by atoms with Crippen molar-refractivity contribution in [3.8, 4) is 0 Å². The van der Waals surface area contributed by atoms with Gasteiger partial charge in [-0.3, -0.25) is 14.1 Å². The lowest BCUT2D eigenvalue weighted by atomic mass is 9.99. The first-order valence-corrected chi connectivity index (χ1v) is 7.27. The zero-order chi connectivity index (χ0) is 14.1. The number of pyridine rings is 1. The summed E-state index contributed by atoms with van der Waals surface area (Å²) < 4.78 is 1.90. The van der Waals surface area contributed by atoms with Crippen LogP contribution in [0.25, 0.3) is 5.65 Å². The minimum atomic E-state index is 0.250. The summed E-state index contributed by atoms with van der Waals surface area (Å²) in [5, 5.41) is 8.60. The number of aldehydes is 1. The van der Waals surface area contributed by atoms with Crippen LogP contribution in [0, 0.1) is 0 Å². The molecule has 2 aromatic heterocycles. The van der Waals surface area contributed by atoms with Gasteiger partial charge in [-0.05, 0) is 45.4 Å². The van der Waals surface area contributed by atoms with E-state index in [1.165, 1.54) is 12.8 Å². The average molecular weight is 272 g/mol. The summed E-state index contributed by atoms with van der Waals surface area (Å²) in [6.07, 6.45) is 4.38. The number of rotatable bonds is 3. The van der Waals surface area contributed by atoms with E-state index < -0.39 is 0 Å². The maximum Gasteiger partial charge on any atom is 0.166 e. The maximum absolute atomic E-state index is 11.3. The van der Waals surface area contributed by atoms with Gasteiger partial charge in [-0.15, -0.1) is 10.2 Å². The van der Waals surface area contributed by atoms with Gasteiger partial charge in [-0.1, -0.05) is 12.5 Å². The van der Waals surface area contributed by atoms with Gasteiger partial charge in [0.15, 0.2) is 17.8 Å². The standard InChI is InChI=1S/C15H20N4O/c1-11(2)18-9-4-3-7-13(18)15-17-16-14-8-5-6-12(10-20)19(14)15/h5-6,8,10-11,13H,3-4,7,9H2,1-2H3. The zero-order valence-electron chi connectivity index (χ0n) is 12.0. The Morgan fingerprint density at radius 3 is 2.90 bits per heavy atom. The maximum atomic E-state index is 11.3. The molecule has 0 saturated carbocycles. The molecule has 1 fully saturated rings. The first-order chi connectivity index (χ1) is 9.72. The number of piperidine rings is 1. The van der Waals surface area contributed by atoms with E-state index in [1.54, 1.807) is 0 Å². The molecule has 3 rings (SSSR count). The SMILES string of the molecule is CC(C)N1CCCCC1c1nnc2cccc(C=O)n12. The third-order valence-electron chi connectivity index (χ3n) is 4.11. The molecule has 0 spiro atoms. The highest BCUT2D eigenvalue weighted by Crippen LogP contribution is 2.31.